The van der Waals surface area contributed by atoms with Gasteiger partial charge in [-0.3, -0.25) is 0 Å². The van der Waals surface area contributed by atoms with Crippen molar-refractivity contribution in [3.63, 3.8) is 0 Å². The van der Waals surface area contributed by atoms with Crippen LogP contribution >= 0.6 is 0 Å². The van der Waals surface area contributed by atoms with Crippen LogP contribution in [0.5, 0.6) is 0 Å². The van der Waals surface area contributed by atoms with Gasteiger partial charge in [-0.15, -0.1) is 6.58 Å². The Balaban J connectivity index is 1.32. The van der Waals surface area contributed by atoms with Crippen molar-refractivity contribution in [3.8, 4) is 33.4 Å². The van der Waals surface area contributed by atoms with Gasteiger partial charge in [-0.25, -0.2) is 0 Å². The number of hydrogen-bond acceptors (Lipinski definition) is 1. The molecule has 3 heterocycles. The summed E-state index contributed by atoms with van der Waals surface area (Å²) in [6.07, 6.45) is 2.86. The van der Waals surface area contributed by atoms with Crippen LogP contribution in [0.15, 0.2) is 201 Å². The van der Waals surface area contributed by atoms with Gasteiger partial charge in [0, 0.05) is 56.4 Å². The van der Waals surface area contributed by atoms with Gasteiger partial charge < -0.3 is 9.47 Å². The van der Waals surface area contributed by atoms with Crippen molar-refractivity contribution in [2.45, 2.75) is 117 Å². The Labute approximate surface area is 458 Å². The van der Waals surface area contributed by atoms with Gasteiger partial charge >= 0.3 is 0 Å². The van der Waals surface area contributed by atoms with Gasteiger partial charge in [-0.05, 0) is 137 Å². The number of allylic oxidation sites excluding steroid dienone is 2. The highest BCUT2D eigenvalue weighted by molar-refractivity contribution is 6.26. The molecule has 2 nitrogen and oxygen atoms in total. The average Bonchev–Trinajstić information content (AvgIpc) is 3.23. The molecule has 77 heavy (non-hydrogen) atoms. The van der Waals surface area contributed by atoms with Crippen molar-refractivity contribution < 1.29 is 0 Å². The second kappa shape index (κ2) is 17.7. The van der Waals surface area contributed by atoms with E-state index < -0.39 is 10.8 Å². The molecular weight excluding hydrogens is 929 g/mol. The zero-order valence-corrected chi connectivity index (χ0v) is 47.5. The normalized spacial score (nSPS) is 17.5. The van der Waals surface area contributed by atoms with Crippen LogP contribution in [0.25, 0.3) is 88.0 Å². The van der Waals surface area contributed by atoms with Crippen LogP contribution in [-0.2, 0) is 27.1 Å². The Bertz CT molecular complexity index is 3980. The molecule has 0 aliphatic carbocycles. The summed E-state index contributed by atoms with van der Waals surface area (Å²) in [7, 11) is 0. The Morgan fingerprint density at radius 3 is 1.48 bits per heavy atom. The summed E-state index contributed by atoms with van der Waals surface area (Å²) in [5, 5.41) is 7.44. The molecule has 0 fully saturated rings. The van der Waals surface area contributed by atoms with Gasteiger partial charge in [0.15, 0.2) is 0 Å². The van der Waals surface area contributed by atoms with Crippen LogP contribution < -0.4 is 4.90 Å². The number of aromatic nitrogens is 1. The van der Waals surface area contributed by atoms with Crippen molar-refractivity contribution in [2.24, 2.45) is 0 Å². The molecule has 10 aromatic rings. The number of hydrogen-bond donors (Lipinski definition) is 0. The average molecular weight is 1000 g/mol. The van der Waals surface area contributed by atoms with Crippen molar-refractivity contribution in [3.05, 3.63) is 234 Å². The lowest BCUT2D eigenvalue weighted by Gasteiger charge is -2.50. The van der Waals surface area contributed by atoms with E-state index in [1.807, 2.05) is 0 Å². The fraction of sp³-hybridized carbons (Fsp3) is 0.253. The highest BCUT2D eigenvalue weighted by atomic mass is 15.2. The Morgan fingerprint density at radius 2 is 0.948 bits per heavy atom. The summed E-state index contributed by atoms with van der Waals surface area (Å²) in [6.45, 7) is 39.4. The van der Waals surface area contributed by atoms with Gasteiger partial charge in [0.2, 0.25) is 0 Å². The third-order valence-corrected chi connectivity index (χ3v) is 18.0. The van der Waals surface area contributed by atoms with E-state index in [9.17, 15) is 0 Å². The van der Waals surface area contributed by atoms with Crippen molar-refractivity contribution >= 4 is 60.3 Å². The fourth-order valence-corrected chi connectivity index (χ4v) is 13.4. The number of benzene rings is 9. The number of anilines is 1. The minimum atomic E-state index is -0.589. The molecule has 0 N–H and O–H groups in total. The molecule has 1 atom stereocenters. The highest BCUT2D eigenvalue weighted by Gasteiger charge is 2.56. The minimum Gasteiger partial charge on any atom is -0.341 e. The first-order valence-electron chi connectivity index (χ1n) is 28.0. The zero-order chi connectivity index (χ0) is 54.1. The van der Waals surface area contributed by atoms with E-state index in [4.69, 9.17) is 6.58 Å². The van der Waals surface area contributed by atoms with E-state index in [0.29, 0.717) is 0 Å². The standard InChI is InChI=1S/C75H74N2/c1-15-16-42-76-47(2)65(67-55-32-23-25-34-57(55)68(58-35-26-24-33-56(58)67)66-53(48-28-19-17-20-29-48)36-27-37-54(66)49-30-21-18-22-31-49)70-75(14,74(12,13)61-45-51(72(6,7)8)39-41-64(61)76)62-46-52(73(9,10)11)44-60-59-43-50(71(3,4)5)38-40-63(59)77(70)69(60)62/h15,17-41,43-46H,1-2,16,42H2,3-14H3/b70-65-. The molecule has 0 saturated heterocycles. The first kappa shape index (κ1) is 50.2. The number of rotatable bonds is 7. The smallest absolute Gasteiger partial charge is 0.0580 e. The summed E-state index contributed by atoms with van der Waals surface area (Å²) in [5.74, 6) is 0. The van der Waals surface area contributed by atoms with Crippen LogP contribution in [0.2, 0.25) is 0 Å². The highest BCUT2D eigenvalue weighted by Crippen LogP contribution is 2.65. The maximum absolute atomic E-state index is 5.43. The maximum atomic E-state index is 5.43. The second-order valence-corrected chi connectivity index (χ2v) is 25.9. The topological polar surface area (TPSA) is 8.17 Å². The molecule has 0 bridgehead atoms. The molecule has 2 aliphatic rings. The first-order chi connectivity index (χ1) is 36.7. The molecule has 12 rings (SSSR count). The van der Waals surface area contributed by atoms with Crippen LogP contribution in [0, 0.1) is 0 Å². The largest absolute Gasteiger partial charge is 0.341 e. The van der Waals surface area contributed by atoms with Crippen LogP contribution in [0.3, 0.4) is 0 Å². The van der Waals surface area contributed by atoms with Crippen molar-refractivity contribution in [1.29, 1.82) is 0 Å². The maximum Gasteiger partial charge on any atom is 0.0580 e. The molecule has 0 radical (unpaired) electrons. The van der Waals surface area contributed by atoms with Gasteiger partial charge in [-0.1, -0.05) is 240 Å². The van der Waals surface area contributed by atoms with Crippen molar-refractivity contribution in [1.82, 2.24) is 4.57 Å². The molecule has 2 heteroatoms. The monoisotopic (exact) mass is 1000 g/mol. The summed E-state index contributed by atoms with van der Waals surface area (Å²) < 4.78 is 2.72. The van der Waals surface area contributed by atoms with Crippen LogP contribution in [0.4, 0.5) is 5.69 Å². The molecule has 0 spiro atoms. The number of nitrogens with zero attached hydrogens (tertiary/aromatic N) is 2. The predicted molar refractivity (Wildman–Crippen MR) is 335 cm³/mol. The molecule has 9 aromatic carbocycles. The quantitative estimate of drug-likeness (QED) is 0.114. The van der Waals surface area contributed by atoms with E-state index in [2.05, 4.69) is 281 Å². The Hall–Kier alpha value is -7.68. The third kappa shape index (κ3) is 7.56. The van der Waals surface area contributed by atoms with Gasteiger partial charge in [-0.2, -0.15) is 0 Å². The fourth-order valence-electron chi connectivity index (χ4n) is 13.4. The SMILES string of the molecule is C=CCCN1C(=C)/C(c2c3ccccc3c(-c3c(-c4ccccc4)cccc3-c3ccccc3)c3ccccc23)=C2/n3c4ccc(C(C)(C)C)cc4c4cc(C(C)(C)C)cc(c43)C2(C)C(C)(C)c2cc(C(C)(C)C)ccc21. The Kier molecular flexibility index (Phi) is 11.5. The third-order valence-electron chi connectivity index (χ3n) is 18.0. The van der Waals surface area contributed by atoms with Gasteiger partial charge in [0.1, 0.15) is 0 Å². The molecule has 1 unspecified atom stereocenters. The second-order valence-electron chi connectivity index (χ2n) is 25.9. The first-order valence-corrected chi connectivity index (χ1v) is 28.0. The lowest BCUT2D eigenvalue weighted by atomic mass is 9.56. The van der Waals surface area contributed by atoms with E-state index in [1.165, 1.54) is 127 Å². The summed E-state index contributed by atoms with van der Waals surface area (Å²) in [5.41, 5.74) is 21.1. The van der Waals surface area contributed by atoms with Gasteiger partial charge in [0.05, 0.1) is 11.0 Å². The van der Waals surface area contributed by atoms with E-state index in [-0.39, 0.29) is 16.2 Å². The zero-order valence-electron chi connectivity index (χ0n) is 47.5. The molecule has 0 saturated carbocycles. The molecule has 2 aliphatic heterocycles. The van der Waals surface area contributed by atoms with Gasteiger partial charge in [0.25, 0.3) is 0 Å². The molecule has 1 aromatic heterocycles. The van der Waals surface area contributed by atoms with E-state index in [0.717, 1.165) is 18.7 Å². The summed E-state index contributed by atoms with van der Waals surface area (Å²) >= 11 is 0. The number of fused-ring (bicyclic) bond motifs is 9. The Morgan fingerprint density at radius 1 is 0.468 bits per heavy atom. The lowest BCUT2D eigenvalue weighted by molar-refractivity contribution is 0.354. The summed E-state index contributed by atoms with van der Waals surface area (Å²) in [4.78, 5) is 2.56. The lowest BCUT2D eigenvalue weighted by Crippen LogP contribution is -2.46. The van der Waals surface area contributed by atoms with Crippen molar-refractivity contribution in [2.75, 3.05) is 11.4 Å². The molecular formula is C75H74N2. The van der Waals surface area contributed by atoms with Crippen LogP contribution in [-0.4, -0.2) is 11.1 Å². The summed E-state index contributed by atoms with van der Waals surface area (Å²) in [6, 6.07) is 67.1. The van der Waals surface area contributed by atoms with Crippen LogP contribution in [0.1, 0.15) is 123 Å². The molecule has 0 amide bonds. The minimum absolute atomic E-state index is 0.0359. The predicted octanol–water partition coefficient (Wildman–Crippen LogP) is 20.5. The van der Waals surface area contributed by atoms with E-state index in [1.54, 1.807) is 0 Å². The molecule has 384 valence electrons. The van der Waals surface area contributed by atoms with E-state index >= 15 is 0 Å².